The summed E-state index contributed by atoms with van der Waals surface area (Å²) < 4.78 is 44.0. The summed E-state index contributed by atoms with van der Waals surface area (Å²) >= 11 is 0. The molecular formula is C19H19F3N2O3. The maximum Gasteiger partial charge on any atom is 0.416 e. The molecule has 0 heterocycles. The number of ketones is 1. The molecule has 0 fully saturated rings. The number of benzene rings is 2. The molecule has 0 aliphatic rings. The molecule has 0 radical (unpaired) electrons. The number of amides is 1. The van der Waals surface area contributed by atoms with Gasteiger partial charge in [-0.15, -0.1) is 0 Å². The molecule has 2 N–H and O–H groups in total. The van der Waals surface area contributed by atoms with Gasteiger partial charge in [0.05, 0.1) is 24.4 Å². The van der Waals surface area contributed by atoms with Gasteiger partial charge in [-0.05, 0) is 44.2 Å². The number of halogens is 3. The van der Waals surface area contributed by atoms with Gasteiger partial charge in [0.1, 0.15) is 5.75 Å². The molecule has 2 rings (SSSR count). The first-order valence-electron chi connectivity index (χ1n) is 8.19. The topological polar surface area (TPSA) is 67.4 Å². The lowest BCUT2D eigenvalue weighted by Gasteiger charge is -2.15. The van der Waals surface area contributed by atoms with Gasteiger partial charge in [0.15, 0.2) is 5.78 Å². The number of carbonyl (C=O) groups excluding carboxylic acids is 2. The zero-order valence-electron chi connectivity index (χ0n) is 14.8. The number of alkyl halides is 3. The van der Waals surface area contributed by atoms with Crippen LogP contribution in [-0.2, 0) is 11.0 Å². The minimum absolute atomic E-state index is 0.0688. The summed E-state index contributed by atoms with van der Waals surface area (Å²) in [4.78, 5) is 23.5. The van der Waals surface area contributed by atoms with Gasteiger partial charge in [0.25, 0.3) is 0 Å². The van der Waals surface area contributed by atoms with E-state index in [1.165, 1.54) is 19.1 Å². The standard InChI is InChI=1S/C19H19F3N2O3/c1-3-27-17-8-7-14(19(20,21)22)10-16(17)23-11-18(26)24-15-6-4-5-13(9-15)12(2)25/h4-10,23H,3,11H2,1-2H3,(H,24,26). The molecule has 0 aliphatic carbocycles. The third-order valence-corrected chi connectivity index (χ3v) is 3.60. The third-order valence-electron chi connectivity index (χ3n) is 3.60. The highest BCUT2D eigenvalue weighted by Crippen LogP contribution is 2.35. The van der Waals surface area contributed by atoms with Crippen LogP contribution in [0.1, 0.15) is 29.8 Å². The van der Waals surface area contributed by atoms with E-state index in [1.54, 1.807) is 25.1 Å². The lowest BCUT2D eigenvalue weighted by atomic mass is 10.1. The number of rotatable bonds is 7. The summed E-state index contributed by atoms with van der Waals surface area (Å²) in [6.45, 7) is 3.11. The molecule has 0 saturated heterocycles. The van der Waals surface area contributed by atoms with Gasteiger partial charge in [-0.1, -0.05) is 12.1 Å². The van der Waals surface area contributed by atoms with E-state index in [0.29, 0.717) is 11.3 Å². The molecule has 0 spiro atoms. The van der Waals surface area contributed by atoms with Crippen molar-refractivity contribution in [2.45, 2.75) is 20.0 Å². The van der Waals surface area contributed by atoms with Crippen molar-refractivity contribution in [3.8, 4) is 5.75 Å². The van der Waals surface area contributed by atoms with Gasteiger partial charge in [0.2, 0.25) is 5.91 Å². The van der Waals surface area contributed by atoms with E-state index >= 15 is 0 Å². The van der Waals surface area contributed by atoms with Gasteiger partial charge in [0, 0.05) is 11.3 Å². The average Bonchev–Trinajstić information content (AvgIpc) is 2.60. The highest BCUT2D eigenvalue weighted by atomic mass is 19.4. The summed E-state index contributed by atoms with van der Waals surface area (Å²) in [6, 6.07) is 9.41. The van der Waals surface area contributed by atoms with Crippen molar-refractivity contribution in [1.29, 1.82) is 0 Å². The number of hydrogen-bond acceptors (Lipinski definition) is 4. The Bertz CT molecular complexity index is 835. The summed E-state index contributed by atoms with van der Waals surface area (Å²) in [6.07, 6.45) is -4.50. The number of ether oxygens (including phenoxy) is 1. The molecule has 5 nitrogen and oxygen atoms in total. The maximum absolute atomic E-state index is 12.9. The minimum atomic E-state index is -4.50. The molecule has 0 saturated carbocycles. The Morgan fingerprint density at radius 2 is 1.85 bits per heavy atom. The Morgan fingerprint density at radius 1 is 1.11 bits per heavy atom. The molecule has 1 amide bonds. The molecule has 2 aromatic rings. The van der Waals surface area contributed by atoms with Crippen molar-refractivity contribution in [3.05, 3.63) is 53.6 Å². The largest absolute Gasteiger partial charge is 0.492 e. The van der Waals surface area contributed by atoms with Crippen LogP contribution < -0.4 is 15.4 Å². The van der Waals surface area contributed by atoms with Crippen molar-refractivity contribution < 1.29 is 27.5 Å². The normalized spacial score (nSPS) is 11.0. The Balaban J connectivity index is 2.09. The summed E-state index contributed by atoms with van der Waals surface area (Å²) in [5.41, 5.74) is 0.0863. The second-order valence-corrected chi connectivity index (χ2v) is 5.68. The number of hydrogen-bond donors (Lipinski definition) is 2. The van der Waals surface area contributed by atoms with Crippen LogP contribution in [0.3, 0.4) is 0 Å². The fourth-order valence-corrected chi connectivity index (χ4v) is 2.32. The molecule has 8 heteroatoms. The van der Waals surface area contributed by atoms with Crippen molar-refractivity contribution in [2.75, 3.05) is 23.8 Å². The smallest absolute Gasteiger partial charge is 0.416 e. The summed E-state index contributed by atoms with van der Waals surface area (Å²) in [7, 11) is 0. The van der Waals surface area contributed by atoms with Crippen LogP contribution in [0.4, 0.5) is 24.5 Å². The number of nitrogens with one attached hydrogen (secondary N) is 2. The Morgan fingerprint density at radius 3 is 2.48 bits per heavy atom. The molecule has 0 aliphatic heterocycles. The number of carbonyl (C=O) groups is 2. The second-order valence-electron chi connectivity index (χ2n) is 5.68. The number of Topliss-reactive ketones (excluding diaryl/α,β-unsaturated/α-hetero) is 1. The zero-order valence-corrected chi connectivity index (χ0v) is 14.8. The zero-order chi connectivity index (χ0) is 20.0. The molecule has 0 aromatic heterocycles. The van der Waals surface area contributed by atoms with Crippen LogP contribution >= 0.6 is 0 Å². The first kappa shape index (κ1) is 20.3. The quantitative estimate of drug-likeness (QED) is 0.701. The second kappa shape index (κ2) is 8.57. The van der Waals surface area contributed by atoms with E-state index in [9.17, 15) is 22.8 Å². The van der Waals surface area contributed by atoms with Crippen molar-refractivity contribution in [2.24, 2.45) is 0 Å². The van der Waals surface area contributed by atoms with Gasteiger partial charge in [-0.3, -0.25) is 9.59 Å². The van der Waals surface area contributed by atoms with Gasteiger partial charge in [-0.25, -0.2) is 0 Å². The first-order chi connectivity index (χ1) is 12.7. The monoisotopic (exact) mass is 380 g/mol. The predicted octanol–water partition coefficient (Wildman–Crippen LogP) is 4.36. The highest BCUT2D eigenvalue weighted by molar-refractivity contribution is 5.98. The average molecular weight is 380 g/mol. The van der Waals surface area contributed by atoms with E-state index in [-0.39, 0.29) is 30.4 Å². The van der Waals surface area contributed by atoms with Crippen molar-refractivity contribution >= 4 is 23.1 Å². The van der Waals surface area contributed by atoms with E-state index in [1.807, 2.05) is 0 Å². The minimum Gasteiger partial charge on any atom is -0.492 e. The van der Waals surface area contributed by atoms with Crippen LogP contribution in [0, 0.1) is 0 Å². The summed E-state index contributed by atoms with van der Waals surface area (Å²) in [5, 5.41) is 5.25. The molecule has 0 atom stereocenters. The third kappa shape index (κ3) is 5.73. The molecule has 144 valence electrons. The predicted molar refractivity (Wildman–Crippen MR) is 96.2 cm³/mol. The van der Waals surface area contributed by atoms with E-state index in [2.05, 4.69) is 10.6 Å². The van der Waals surface area contributed by atoms with Crippen LogP contribution in [0.5, 0.6) is 5.75 Å². The first-order valence-corrected chi connectivity index (χ1v) is 8.19. The van der Waals surface area contributed by atoms with Gasteiger partial charge < -0.3 is 15.4 Å². The fourth-order valence-electron chi connectivity index (χ4n) is 2.32. The molecule has 0 bridgehead atoms. The molecular weight excluding hydrogens is 361 g/mol. The SMILES string of the molecule is CCOc1ccc(C(F)(F)F)cc1NCC(=O)Nc1cccc(C(C)=O)c1. The maximum atomic E-state index is 12.9. The van der Waals surface area contributed by atoms with Crippen molar-refractivity contribution in [1.82, 2.24) is 0 Å². The Kier molecular flexibility index (Phi) is 6.44. The summed E-state index contributed by atoms with van der Waals surface area (Å²) in [5.74, 6) is -0.401. The van der Waals surface area contributed by atoms with E-state index in [4.69, 9.17) is 4.74 Å². The van der Waals surface area contributed by atoms with Gasteiger partial charge >= 0.3 is 6.18 Å². The Labute approximate surface area is 154 Å². The fraction of sp³-hybridized carbons (Fsp3) is 0.263. The molecule has 0 unspecified atom stereocenters. The highest BCUT2D eigenvalue weighted by Gasteiger charge is 2.31. The molecule has 2 aromatic carbocycles. The van der Waals surface area contributed by atoms with Crippen LogP contribution in [0.2, 0.25) is 0 Å². The van der Waals surface area contributed by atoms with Crippen LogP contribution in [-0.4, -0.2) is 24.8 Å². The Hall–Kier alpha value is -3.03. The van der Waals surface area contributed by atoms with Crippen LogP contribution in [0.15, 0.2) is 42.5 Å². The lowest BCUT2D eigenvalue weighted by molar-refractivity contribution is -0.137. The van der Waals surface area contributed by atoms with Gasteiger partial charge in [-0.2, -0.15) is 13.2 Å². The van der Waals surface area contributed by atoms with Crippen molar-refractivity contribution in [3.63, 3.8) is 0 Å². The lowest BCUT2D eigenvalue weighted by Crippen LogP contribution is -2.22. The molecule has 27 heavy (non-hydrogen) atoms. The van der Waals surface area contributed by atoms with E-state index in [0.717, 1.165) is 12.1 Å². The van der Waals surface area contributed by atoms with Crippen LogP contribution in [0.25, 0.3) is 0 Å². The van der Waals surface area contributed by atoms with E-state index < -0.39 is 17.6 Å². The number of anilines is 2.